The minimum atomic E-state index is -3.86. The number of amides is 1. The highest BCUT2D eigenvalue weighted by Crippen LogP contribution is 2.22. The van der Waals surface area contributed by atoms with Crippen LogP contribution in [0, 0.1) is 24.0 Å². The monoisotopic (exact) mass is 447 g/mol. The van der Waals surface area contributed by atoms with Crippen LogP contribution in [0.1, 0.15) is 17.5 Å². The van der Waals surface area contributed by atoms with Gasteiger partial charge in [0.1, 0.15) is 5.75 Å². The summed E-state index contributed by atoms with van der Waals surface area (Å²) in [5.74, 6) is 0.620. The SMILES string of the molecule is Cc1cc(C)cc(OCCC(=O)N2CCN(S(=O)(=O)c3cccc([N+](=O)[O-])c3)CC2)c1. The summed E-state index contributed by atoms with van der Waals surface area (Å²) in [7, 11) is -3.86. The Kier molecular flexibility index (Phi) is 6.91. The molecule has 0 bridgehead atoms. The van der Waals surface area contributed by atoms with Crippen molar-refractivity contribution < 1.29 is 22.9 Å². The van der Waals surface area contributed by atoms with E-state index < -0.39 is 14.9 Å². The molecule has 1 aliphatic rings. The maximum absolute atomic E-state index is 12.8. The summed E-state index contributed by atoms with van der Waals surface area (Å²) in [6.45, 7) is 4.99. The molecule has 1 aliphatic heterocycles. The van der Waals surface area contributed by atoms with Gasteiger partial charge in [0.05, 0.1) is 22.8 Å². The molecule has 0 radical (unpaired) electrons. The fourth-order valence-corrected chi connectivity index (χ4v) is 4.98. The molecule has 0 saturated carbocycles. The summed E-state index contributed by atoms with van der Waals surface area (Å²) < 4.78 is 32.5. The maximum atomic E-state index is 12.8. The number of ether oxygens (including phenoxy) is 1. The number of hydrogen-bond donors (Lipinski definition) is 0. The van der Waals surface area contributed by atoms with Crippen molar-refractivity contribution in [1.29, 1.82) is 0 Å². The molecule has 3 rings (SSSR count). The van der Waals surface area contributed by atoms with Crippen LogP contribution in [0.15, 0.2) is 47.4 Å². The lowest BCUT2D eigenvalue weighted by molar-refractivity contribution is -0.385. The Morgan fingerprint density at radius 2 is 1.71 bits per heavy atom. The lowest BCUT2D eigenvalue weighted by Gasteiger charge is -2.34. The quantitative estimate of drug-likeness (QED) is 0.476. The molecular formula is C21H25N3O6S. The normalized spacial score (nSPS) is 15.0. The van der Waals surface area contributed by atoms with Crippen molar-refractivity contribution >= 4 is 21.6 Å². The number of nitrogens with zero attached hydrogens (tertiary/aromatic N) is 3. The molecule has 2 aromatic carbocycles. The third kappa shape index (κ3) is 5.59. The van der Waals surface area contributed by atoms with Crippen molar-refractivity contribution in [2.45, 2.75) is 25.2 Å². The summed E-state index contributed by atoms with van der Waals surface area (Å²) in [5, 5.41) is 10.9. The number of carbonyl (C=O) groups excluding carboxylic acids is 1. The molecule has 0 atom stereocenters. The molecule has 2 aromatic rings. The van der Waals surface area contributed by atoms with E-state index in [9.17, 15) is 23.3 Å². The molecule has 10 heteroatoms. The Labute approximate surface area is 181 Å². The van der Waals surface area contributed by atoms with Crippen LogP contribution < -0.4 is 4.74 Å². The van der Waals surface area contributed by atoms with Gasteiger partial charge in [-0.25, -0.2) is 8.42 Å². The first-order chi connectivity index (χ1) is 14.7. The van der Waals surface area contributed by atoms with Crippen molar-refractivity contribution in [2.24, 2.45) is 0 Å². The highest BCUT2D eigenvalue weighted by atomic mass is 32.2. The van der Waals surface area contributed by atoms with Gasteiger partial charge in [0.2, 0.25) is 15.9 Å². The fourth-order valence-electron chi connectivity index (χ4n) is 3.52. The molecule has 0 aliphatic carbocycles. The van der Waals surface area contributed by atoms with Gasteiger partial charge in [-0.2, -0.15) is 4.31 Å². The molecular weight excluding hydrogens is 422 g/mol. The van der Waals surface area contributed by atoms with Crippen molar-refractivity contribution in [1.82, 2.24) is 9.21 Å². The van der Waals surface area contributed by atoms with Crippen LogP contribution in [0.25, 0.3) is 0 Å². The summed E-state index contributed by atoms with van der Waals surface area (Å²) in [6.07, 6.45) is 0.199. The van der Waals surface area contributed by atoms with E-state index in [0.717, 1.165) is 22.9 Å². The van der Waals surface area contributed by atoms with E-state index in [1.165, 1.54) is 22.5 Å². The van der Waals surface area contributed by atoms with Crippen LogP contribution in [0.4, 0.5) is 5.69 Å². The molecule has 9 nitrogen and oxygen atoms in total. The predicted molar refractivity (Wildman–Crippen MR) is 114 cm³/mol. The third-order valence-electron chi connectivity index (χ3n) is 5.04. The first kappa shape index (κ1) is 22.7. The second-order valence-electron chi connectivity index (χ2n) is 7.46. The van der Waals surface area contributed by atoms with Crippen LogP contribution in [-0.2, 0) is 14.8 Å². The average Bonchev–Trinajstić information content (AvgIpc) is 2.73. The van der Waals surface area contributed by atoms with Crippen LogP contribution in [0.3, 0.4) is 0 Å². The highest BCUT2D eigenvalue weighted by molar-refractivity contribution is 7.89. The summed E-state index contributed by atoms with van der Waals surface area (Å²) >= 11 is 0. The molecule has 1 saturated heterocycles. The molecule has 0 N–H and O–H groups in total. The van der Waals surface area contributed by atoms with Crippen LogP contribution >= 0.6 is 0 Å². The van der Waals surface area contributed by atoms with Crippen molar-refractivity contribution in [3.63, 3.8) is 0 Å². The van der Waals surface area contributed by atoms with Crippen LogP contribution in [-0.4, -0.2) is 61.2 Å². The largest absolute Gasteiger partial charge is 0.493 e. The van der Waals surface area contributed by atoms with Crippen LogP contribution in [0.5, 0.6) is 5.75 Å². The van der Waals surface area contributed by atoms with Gasteiger partial charge in [-0.3, -0.25) is 14.9 Å². The van der Waals surface area contributed by atoms with Gasteiger partial charge in [0.15, 0.2) is 0 Å². The lowest BCUT2D eigenvalue weighted by Crippen LogP contribution is -2.50. The van der Waals surface area contributed by atoms with E-state index >= 15 is 0 Å². The number of sulfonamides is 1. The molecule has 1 amide bonds. The summed E-state index contributed by atoms with van der Waals surface area (Å²) in [6, 6.07) is 10.8. The lowest BCUT2D eigenvalue weighted by atomic mass is 10.1. The molecule has 1 heterocycles. The number of aryl methyl sites for hydroxylation is 2. The second-order valence-corrected chi connectivity index (χ2v) is 9.40. The van der Waals surface area contributed by atoms with E-state index in [1.807, 2.05) is 32.0 Å². The second kappa shape index (κ2) is 9.44. The number of rotatable bonds is 7. The van der Waals surface area contributed by atoms with Crippen molar-refractivity contribution in [3.8, 4) is 5.75 Å². The summed E-state index contributed by atoms with van der Waals surface area (Å²) in [4.78, 5) is 24.3. The molecule has 166 valence electrons. The Balaban J connectivity index is 1.53. The highest BCUT2D eigenvalue weighted by Gasteiger charge is 2.30. The number of piperazine rings is 1. The molecule has 1 fully saturated rings. The van der Waals surface area contributed by atoms with Gasteiger partial charge < -0.3 is 9.64 Å². The minimum Gasteiger partial charge on any atom is -0.493 e. The standard InChI is InChI=1S/C21H25N3O6S/c1-16-12-17(2)14-19(13-16)30-11-6-21(25)22-7-9-23(10-8-22)31(28,29)20-5-3-4-18(15-20)24(26)27/h3-5,12-15H,6-11H2,1-2H3. The zero-order valence-corrected chi connectivity index (χ0v) is 18.3. The molecule has 0 aromatic heterocycles. The number of nitro benzene ring substituents is 1. The molecule has 0 spiro atoms. The number of hydrogen-bond acceptors (Lipinski definition) is 6. The zero-order valence-electron chi connectivity index (χ0n) is 17.5. The van der Waals surface area contributed by atoms with Gasteiger partial charge in [0.25, 0.3) is 5.69 Å². The minimum absolute atomic E-state index is 0.100. The van der Waals surface area contributed by atoms with E-state index in [1.54, 1.807) is 4.90 Å². The van der Waals surface area contributed by atoms with Crippen LogP contribution in [0.2, 0.25) is 0 Å². The number of nitro groups is 1. The predicted octanol–water partition coefficient (Wildman–Crippen LogP) is 2.51. The molecule has 0 unspecified atom stereocenters. The van der Waals surface area contributed by atoms with Gasteiger partial charge in [-0.1, -0.05) is 12.1 Å². The van der Waals surface area contributed by atoms with E-state index in [2.05, 4.69) is 0 Å². The first-order valence-corrected chi connectivity index (χ1v) is 11.3. The molecule has 31 heavy (non-hydrogen) atoms. The van der Waals surface area contributed by atoms with E-state index in [4.69, 9.17) is 4.74 Å². The van der Waals surface area contributed by atoms with Gasteiger partial charge in [-0.05, 0) is 43.2 Å². The number of non-ortho nitro benzene ring substituents is 1. The van der Waals surface area contributed by atoms with Gasteiger partial charge in [-0.15, -0.1) is 0 Å². The first-order valence-electron chi connectivity index (χ1n) is 9.90. The van der Waals surface area contributed by atoms with Crippen molar-refractivity contribution in [3.05, 3.63) is 63.7 Å². The van der Waals surface area contributed by atoms with Crippen molar-refractivity contribution in [2.75, 3.05) is 32.8 Å². The Bertz CT molecular complexity index is 1060. The third-order valence-corrected chi connectivity index (χ3v) is 6.93. The smallest absolute Gasteiger partial charge is 0.270 e. The van der Waals surface area contributed by atoms with Gasteiger partial charge >= 0.3 is 0 Å². The number of benzene rings is 2. The maximum Gasteiger partial charge on any atom is 0.270 e. The summed E-state index contributed by atoms with van der Waals surface area (Å²) in [5.41, 5.74) is 1.89. The zero-order chi connectivity index (χ0) is 22.6. The fraction of sp³-hybridized carbons (Fsp3) is 0.381. The van der Waals surface area contributed by atoms with Gasteiger partial charge in [0, 0.05) is 38.3 Å². The van der Waals surface area contributed by atoms with E-state index in [0.29, 0.717) is 0 Å². The van der Waals surface area contributed by atoms with E-state index in [-0.39, 0.29) is 55.7 Å². The Morgan fingerprint density at radius 1 is 1.06 bits per heavy atom. The number of carbonyl (C=O) groups is 1. The topological polar surface area (TPSA) is 110 Å². The average molecular weight is 448 g/mol. The Hall–Kier alpha value is -2.98. The Morgan fingerprint density at radius 3 is 2.32 bits per heavy atom.